The van der Waals surface area contributed by atoms with Gasteiger partial charge in [0.2, 0.25) is 5.91 Å². The van der Waals surface area contributed by atoms with Crippen LogP contribution in [0, 0.1) is 0 Å². The van der Waals surface area contributed by atoms with Gasteiger partial charge in [-0.15, -0.1) is 0 Å². The molecule has 0 atom stereocenters. The number of rotatable bonds is 6. The lowest BCUT2D eigenvalue weighted by molar-refractivity contribution is -0.133. The van der Waals surface area contributed by atoms with Gasteiger partial charge in [0.25, 0.3) is 5.56 Å². The van der Waals surface area contributed by atoms with Crippen molar-refractivity contribution >= 4 is 28.6 Å². The van der Waals surface area contributed by atoms with E-state index in [0.717, 1.165) is 12.8 Å². The molecule has 0 spiro atoms. The van der Waals surface area contributed by atoms with E-state index in [1.165, 1.54) is 31.0 Å². The van der Waals surface area contributed by atoms with Crippen LogP contribution in [-0.4, -0.2) is 38.2 Å². The zero-order chi connectivity index (χ0) is 20.3. The van der Waals surface area contributed by atoms with Crippen molar-refractivity contribution in [3.8, 4) is 0 Å². The summed E-state index contributed by atoms with van der Waals surface area (Å²) in [5, 5.41) is 1.25. The van der Waals surface area contributed by atoms with Crippen LogP contribution in [0.1, 0.15) is 65.8 Å². The van der Waals surface area contributed by atoms with E-state index in [0.29, 0.717) is 27.9 Å². The number of aromatic nitrogens is 2. The van der Waals surface area contributed by atoms with E-state index >= 15 is 0 Å². The van der Waals surface area contributed by atoms with Crippen LogP contribution >= 0.6 is 11.8 Å². The first kappa shape index (κ1) is 20.9. The molecule has 1 aromatic heterocycles. The molecular formula is C22H31N3O2S. The number of para-hydroxylation sites is 1. The molecule has 0 radical (unpaired) electrons. The lowest BCUT2D eigenvalue weighted by Gasteiger charge is -2.37. The third-order valence-corrected chi connectivity index (χ3v) is 6.37. The number of carbonyl (C=O) groups is 1. The topological polar surface area (TPSA) is 55.2 Å². The third-order valence-electron chi connectivity index (χ3n) is 5.43. The van der Waals surface area contributed by atoms with Crippen molar-refractivity contribution < 1.29 is 4.79 Å². The number of hydrogen-bond acceptors (Lipinski definition) is 4. The molecule has 1 heterocycles. The van der Waals surface area contributed by atoms with Crippen molar-refractivity contribution in [3.05, 3.63) is 34.6 Å². The quantitative estimate of drug-likeness (QED) is 0.523. The van der Waals surface area contributed by atoms with Crippen molar-refractivity contribution in [2.75, 3.05) is 5.75 Å². The molecule has 0 N–H and O–H groups in total. The molecule has 1 aliphatic carbocycles. The highest BCUT2D eigenvalue weighted by Gasteiger charge is 2.28. The average Bonchev–Trinajstić information content (AvgIpc) is 2.67. The molecule has 0 bridgehead atoms. The van der Waals surface area contributed by atoms with E-state index in [1.807, 2.05) is 38.1 Å². The van der Waals surface area contributed by atoms with Gasteiger partial charge in [-0.1, -0.05) is 43.2 Å². The maximum atomic E-state index is 13.1. The van der Waals surface area contributed by atoms with Crippen LogP contribution in [0.4, 0.5) is 0 Å². The van der Waals surface area contributed by atoms with Gasteiger partial charge in [-0.2, -0.15) is 0 Å². The highest BCUT2D eigenvalue weighted by molar-refractivity contribution is 7.99. The number of carbonyl (C=O) groups excluding carboxylic acids is 1. The van der Waals surface area contributed by atoms with Crippen molar-refractivity contribution in [2.24, 2.45) is 0 Å². The van der Waals surface area contributed by atoms with E-state index in [2.05, 4.69) is 18.7 Å². The number of thioether (sulfide) groups is 1. The molecule has 1 saturated carbocycles. The number of fused-ring (bicyclic) bond motifs is 1. The van der Waals surface area contributed by atoms with Gasteiger partial charge in [0.05, 0.1) is 16.7 Å². The monoisotopic (exact) mass is 401 g/mol. The summed E-state index contributed by atoms with van der Waals surface area (Å²) in [6, 6.07) is 7.94. The minimum atomic E-state index is -0.0384. The largest absolute Gasteiger partial charge is 0.337 e. The fraction of sp³-hybridized carbons (Fsp3) is 0.591. The highest BCUT2D eigenvalue weighted by Crippen LogP contribution is 2.26. The third kappa shape index (κ3) is 4.43. The van der Waals surface area contributed by atoms with Crippen molar-refractivity contribution in [2.45, 2.75) is 83.1 Å². The second-order valence-corrected chi connectivity index (χ2v) is 9.10. The van der Waals surface area contributed by atoms with Crippen LogP contribution in [0.5, 0.6) is 0 Å². The summed E-state index contributed by atoms with van der Waals surface area (Å²) in [6.45, 7) is 8.14. The Labute approximate surface area is 171 Å². The van der Waals surface area contributed by atoms with Crippen LogP contribution in [0.15, 0.2) is 34.2 Å². The molecule has 1 aliphatic rings. The molecule has 6 heteroatoms. The summed E-state index contributed by atoms with van der Waals surface area (Å²) >= 11 is 1.38. The Morgan fingerprint density at radius 2 is 1.86 bits per heavy atom. The van der Waals surface area contributed by atoms with E-state index in [-0.39, 0.29) is 23.6 Å². The first-order chi connectivity index (χ1) is 13.4. The van der Waals surface area contributed by atoms with Crippen LogP contribution in [0.25, 0.3) is 10.9 Å². The van der Waals surface area contributed by atoms with Crippen LogP contribution in [0.2, 0.25) is 0 Å². The van der Waals surface area contributed by atoms with Gasteiger partial charge in [0, 0.05) is 18.1 Å². The number of hydrogen-bond donors (Lipinski definition) is 0. The number of nitrogens with zero attached hydrogens (tertiary/aromatic N) is 3. The molecule has 2 aromatic rings. The Kier molecular flexibility index (Phi) is 6.81. The van der Waals surface area contributed by atoms with Crippen LogP contribution in [0.3, 0.4) is 0 Å². The highest BCUT2D eigenvalue weighted by atomic mass is 32.2. The molecule has 1 aromatic carbocycles. The lowest BCUT2D eigenvalue weighted by atomic mass is 9.93. The predicted octanol–water partition coefficient (Wildman–Crippen LogP) is 4.64. The minimum absolute atomic E-state index is 0.0123. The van der Waals surface area contributed by atoms with Crippen LogP contribution in [-0.2, 0) is 4.79 Å². The molecule has 0 saturated heterocycles. The summed E-state index contributed by atoms with van der Waals surface area (Å²) in [7, 11) is 0. The van der Waals surface area contributed by atoms with Gasteiger partial charge in [-0.05, 0) is 52.7 Å². The minimum Gasteiger partial charge on any atom is -0.337 e. The second-order valence-electron chi connectivity index (χ2n) is 8.16. The normalized spacial score (nSPS) is 15.5. The van der Waals surface area contributed by atoms with Gasteiger partial charge in [-0.3, -0.25) is 14.2 Å². The van der Waals surface area contributed by atoms with Gasteiger partial charge in [0.15, 0.2) is 5.16 Å². The molecular weight excluding hydrogens is 370 g/mol. The van der Waals surface area contributed by atoms with Crippen molar-refractivity contribution in [3.63, 3.8) is 0 Å². The second kappa shape index (κ2) is 9.12. The fourth-order valence-electron chi connectivity index (χ4n) is 4.16. The Morgan fingerprint density at radius 3 is 2.50 bits per heavy atom. The zero-order valence-electron chi connectivity index (χ0n) is 17.4. The SMILES string of the molecule is CC(C)N(C(=O)CSc1nc2ccccc2c(=O)n1C(C)C)C1CCCCC1. The molecule has 3 rings (SSSR count). The summed E-state index contributed by atoms with van der Waals surface area (Å²) in [4.78, 5) is 32.8. The summed E-state index contributed by atoms with van der Waals surface area (Å²) in [5.74, 6) is 0.455. The Balaban J connectivity index is 1.84. The van der Waals surface area contributed by atoms with Gasteiger partial charge in [-0.25, -0.2) is 4.98 Å². The summed E-state index contributed by atoms with van der Waals surface area (Å²) in [6.07, 6.45) is 5.87. The predicted molar refractivity (Wildman–Crippen MR) is 116 cm³/mol. The summed E-state index contributed by atoms with van der Waals surface area (Å²) in [5.41, 5.74) is 0.649. The summed E-state index contributed by atoms with van der Waals surface area (Å²) < 4.78 is 1.71. The molecule has 1 fully saturated rings. The fourth-order valence-corrected chi connectivity index (χ4v) is 5.15. The molecule has 28 heavy (non-hydrogen) atoms. The van der Waals surface area contributed by atoms with Gasteiger partial charge in [0.1, 0.15) is 0 Å². The Bertz CT molecular complexity index is 885. The maximum absolute atomic E-state index is 13.1. The molecule has 0 unspecified atom stereocenters. The van der Waals surface area contributed by atoms with E-state index in [9.17, 15) is 9.59 Å². The molecule has 5 nitrogen and oxygen atoms in total. The maximum Gasteiger partial charge on any atom is 0.262 e. The molecule has 1 amide bonds. The van der Waals surface area contributed by atoms with E-state index in [4.69, 9.17) is 4.98 Å². The first-order valence-electron chi connectivity index (χ1n) is 10.4. The molecule has 152 valence electrons. The van der Waals surface area contributed by atoms with E-state index in [1.54, 1.807) is 4.57 Å². The zero-order valence-corrected chi connectivity index (χ0v) is 18.2. The lowest BCUT2D eigenvalue weighted by Crippen LogP contribution is -2.46. The Hall–Kier alpha value is -1.82. The first-order valence-corrected chi connectivity index (χ1v) is 11.3. The van der Waals surface area contributed by atoms with Crippen molar-refractivity contribution in [1.82, 2.24) is 14.5 Å². The Morgan fingerprint density at radius 1 is 1.18 bits per heavy atom. The smallest absolute Gasteiger partial charge is 0.262 e. The van der Waals surface area contributed by atoms with Crippen molar-refractivity contribution in [1.29, 1.82) is 0 Å². The average molecular weight is 402 g/mol. The van der Waals surface area contributed by atoms with Gasteiger partial charge < -0.3 is 4.90 Å². The number of benzene rings is 1. The van der Waals surface area contributed by atoms with Gasteiger partial charge >= 0.3 is 0 Å². The van der Waals surface area contributed by atoms with Crippen LogP contribution < -0.4 is 5.56 Å². The standard InChI is InChI=1S/C22H31N3O2S/c1-15(2)24(17-10-6-5-7-11-17)20(26)14-28-22-23-19-13-9-8-12-18(19)21(27)25(22)16(3)4/h8-9,12-13,15-17H,5-7,10-11,14H2,1-4H3. The van der Waals surface area contributed by atoms with E-state index < -0.39 is 0 Å². The molecule has 0 aliphatic heterocycles. The number of amides is 1.